The fraction of sp³-hybridized carbons (Fsp3) is 0.462. The number of fused-ring (bicyclic) bond motifs is 1. The van der Waals surface area contributed by atoms with E-state index in [1.807, 2.05) is 27.7 Å². The second-order valence-electron chi connectivity index (χ2n) is 5.12. The van der Waals surface area contributed by atoms with Gasteiger partial charge in [0, 0.05) is 17.8 Å². The third-order valence-electron chi connectivity index (χ3n) is 2.52. The van der Waals surface area contributed by atoms with Crippen LogP contribution in [0.3, 0.4) is 0 Å². The zero-order valence-electron chi connectivity index (χ0n) is 11.1. The molecule has 0 aromatic carbocycles. The molecular weight excluding hydrogens is 230 g/mol. The van der Waals surface area contributed by atoms with E-state index in [1.165, 1.54) is 10.9 Å². The Morgan fingerprint density at radius 1 is 1.44 bits per heavy atom. The van der Waals surface area contributed by atoms with Crippen LogP contribution in [0.15, 0.2) is 18.7 Å². The quantitative estimate of drug-likeness (QED) is 0.777. The monoisotopic (exact) mass is 247 g/mol. The lowest BCUT2D eigenvalue weighted by Gasteiger charge is -2.19. The third-order valence-corrected chi connectivity index (χ3v) is 2.52. The number of hydrogen-bond acceptors (Lipinski definition) is 4. The molecule has 0 saturated carbocycles. The van der Waals surface area contributed by atoms with E-state index in [1.54, 1.807) is 12.4 Å². The van der Waals surface area contributed by atoms with Crippen LogP contribution in [-0.2, 0) is 11.2 Å². The molecule has 0 amide bonds. The van der Waals surface area contributed by atoms with Crippen LogP contribution in [0, 0.1) is 0 Å². The Morgan fingerprint density at radius 3 is 2.78 bits per heavy atom. The van der Waals surface area contributed by atoms with E-state index in [4.69, 9.17) is 4.74 Å². The minimum Gasteiger partial charge on any atom is -0.443 e. The zero-order chi connectivity index (χ0) is 13.3. The Kier molecular flexibility index (Phi) is 3.07. The van der Waals surface area contributed by atoms with Crippen molar-refractivity contribution in [1.29, 1.82) is 0 Å². The molecule has 96 valence electrons. The van der Waals surface area contributed by atoms with Crippen LogP contribution in [-0.4, -0.2) is 26.2 Å². The van der Waals surface area contributed by atoms with Crippen molar-refractivity contribution in [2.75, 3.05) is 0 Å². The minimum absolute atomic E-state index is 0.411. The normalized spacial score (nSPS) is 11.8. The lowest BCUT2D eigenvalue weighted by molar-refractivity contribution is 0.0543. The summed E-state index contributed by atoms with van der Waals surface area (Å²) in [5, 5.41) is 0.894. The summed E-state index contributed by atoms with van der Waals surface area (Å²) in [5.41, 5.74) is 1.11. The highest BCUT2D eigenvalue weighted by molar-refractivity contribution is 5.88. The van der Waals surface area contributed by atoms with Crippen molar-refractivity contribution in [3.63, 3.8) is 0 Å². The number of ether oxygens (including phenoxy) is 1. The van der Waals surface area contributed by atoms with Crippen molar-refractivity contribution in [2.45, 2.75) is 39.7 Å². The van der Waals surface area contributed by atoms with Crippen LogP contribution >= 0.6 is 0 Å². The van der Waals surface area contributed by atoms with Gasteiger partial charge in [-0.2, -0.15) is 0 Å². The Hall–Kier alpha value is -1.91. The first-order valence-electron chi connectivity index (χ1n) is 5.95. The van der Waals surface area contributed by atoms with Gasteiger partial charge in [-0.05, 0) is 32.8 Å². The molecular formula is C13H17N3O2. The number of hydrogen-bond donors (Lipinski definition) is 0. The first-order chi connectivity index (χ1) is 8.42. The van der Waals surface area contributed by atoms with Crippen molar-refractivity contribution in [1.82, 2.24) is 14.5 Å². The van der Waals surface area contributed by atoms with E-state index in [-0.39, 0.29) is 0 Å². The molecule has 2 aromatic rings. The number of aryl methyl sites for hydroxylation is 1. The molecule has 2 rings (SSSR count). The SMILES string of the molecule is CCc1cn(C(=O)OC(C)(C)C)c2ncncc12. The Bertz CT molecular complexity index is 581. The summed E-state index contributed by atoms with van der Waals surface area (Å²) in [6.45, 7) is 7.55. The van der Waals surface area contributed by atoms with Gasteiger partial charge in [-0.1, -0.05) is 6.92 Å². The maximum absolute atomic E-state index is 12.1. The Balaban J connectivity index is 2.48. The van der Waals surface area contributed by atoms with Crippen molar-refractivity contribution in [3.05, 3.63) is 24.3 Å². The molecule has 5 nitrogen and oxygen atoms in total. The van der Waals surface area contributed by atoms with E-state index in [0.29, 0.717) is 5.65 Å². The molecule has 2 heterocycles. The van der Waals surface area contributed by atoms with Gasteiger partial charge in [0.05, 0.1) is 0 Å². The summed E-state index contributed by atoms with van der Waals surface area (Å²) in [5.74, 6) is 0. The standard InChI is InChI=1S/C13H17N3O2/c1-5-9-7-16(12(17)18-13(2,3)4)11-10(9)6-14-8-15-11/h6-8H,5H2,1-4H3. The van der Waals surface area contributed by atoms with E-state index < -0.39 is 11.7 Å². The fourth-order valence-corrected chi connectivity index (χ4v) is 1.76. The molecule has 0 fully saturated rings. The maximum Gasteiger partial charge on any atom is 0.420 e. The largest absolute Gasteiger partial charge is 0.443 e. The lowest BCUT2D eigenvalue weighted by Crippen LogP contribution is -2.26. The molecule has 18 heavy (non-hydrogen) atoms. The molecule has 5 heteroatoms. The average Bonchev–Trinajstić information content (AvgIpc) is 2.65. The first kappa shape index (κ1) is 12.5. The van der Waals surface area contributed by atoms with Gasteiger partial charge < -0.3 is 4.74 Å². The van der Waals surface area contributed by atoms with E-state index >= 15 is 0 Å². The predicted octanol–water partition coefficient (Wildman–Crippen LogP) is 2.78. The van der Waals surface area contributed by atoms with Crippen LogP contribution in [0.4, 0.5) is 4.79 Å². The number of nitrogens with zero attached hydrogens (tertiary/aromatic N) is 3. The third kappa shape index (κ3) is 2.34. The van der Waals surface area contributed by atoms with Crippen LogP contribution in [0.1, 0.15) is 33.3 Å². The van der Waals surface area contributed by atoms with Gasteiger partial charge in [0.2, 0.25) is 0 Å². The molecule has 0 atom stereocenters. The molecule has 0 spiro atoms. The maximum atomic E-state index is 12.1. The number of carbonyl (C=O) groups excluding carboxylic acids is 1. The number of aromatic nitrogens is 3. The molecule has 0 bridgehead atoms. The lowest BCUT2D eigenvalue weighted by atomic mass is 10.2. The Labute approximate surface area is 106 Å². The van der Waals surface area contributed by atoms with Gasteiger partial charge in [-0.3, -0.25) is 0 Å². The smallest absolute Gasteiger partial charge is 0.420 e. The highest BCUT2D eigenvalue weighted by Gasteiger charge is 2.20. The summed E-state index contributed by atoms with van der Waals surface area (Å²) in [4.78, 5) is 20.2. The summed E-state index contributed by atoms with van der Waals surface area (Å²) < 4.78 is 6.80. The van der Waals surface area contributed by atoms with Gasteiger partial charge in [0.25, 0.3) is 0 Å². The van der Waals surface area contributed by atoms with Gasteiger partial charge in [0.1, 0.15) is 11.9 Å². The second-order valence-corrected chi connectivity index (χ2v) is 5.12. The number of rotatable bonds is 1. The second kappa shape index (κ2) is 4.40. The minimum atomic E-state index is -0.521. The van der Waals surface area contributed by atoms with Gasteiger partial charge in [-0.15, -0.1) is 0 Å². The molecule has 0 aliphatic rings. The fourth-order valence-electron chi connectivity index (χ4n) is 1.76. The first-order valence-corrected chi connectivity index (χ1v) is 5.95. The average molecular weight is 247 g/mol. The van der Waals surface area contributed by atoms with Crippen LogP contribution in [0.2, 0.25) is 0 Å². The van der Waals surface area contributed by atoms with Crippen molar-refractivity contribution >= 4 is 17.1 Å². The van der Waals surface area contributed by atoms with Crippen LogP contribution in [0.25, 0.3) is 11.0 Å². The van der Waals surface area contributed by atoms with E-state index in [9.17, 15) is 4.79 Å². The molecule has 0 unspecified atom stereocenters. The summed E-state index contributed by atoms with van der Waals surface area (Å²) in [6, 6.07) is 0. The molecule has 2 aromatic heterocycles. The predicted molar refractivity (Wildman–Crippen MR) is 68.5 cm³/mol. The van der Waals surface area contributed by atoms with E-state index in [2.05, 4.69) is 9.97 Å². The highest BCUT2D eigenvalue weighted by atomic mass is 16.6. The van der Waals surface area contributed by atoms with Gasteiger partial charge >= 0.3 is 6.09 Å². The molecule has 0 radical (unpaired) electrons. The summed E-state index contributed by atoms with van der Waals surface area (Å²) >= 11 is 0. The number of carbonyl (C=O) groups is 1. The molecule has 0 aliphatic heterocycles. The van der Waals surface area contributed by atoms with Crippen molar-refractivity contribution in [2.24, 2.45) is 0 Å². The Morgan fingerprint density at radius 2 is 2.17 bits per heavy atom. The summed E-state index contributed by atoms with van der Waals surface area (Å²) in [7, 11) is 0. The van der Waals surface area contributed by atoms with Gasteiger partial charge in [0.15, 0.2) is 5.65 Å². The molecule has 0 saturated heterocycles. The molecule has 0 aliphatic carbocycles. The zero-order valence-corrected chi connectivity index (χ0v) is 11.1. The molecule has 0 N–H and O–H groups in total. The van der Waals surface area contributed by atoms with Crippen molar-refractivity contribution < 1.29 is 9.53 Å². The highest BCUT2D eigenvalue weighted by Crippen LogP contribution is 2.20. The summed E-state index contributed by atoms with van der Waals surface area (Å²) in [6.07, 6.45) is 5.34. The van der Waals surface area contributed by atoms with E-state index in [0.717, 1.165) is 17.4 Å². The van der Waals surface area contributed by atoms with Crippen LogP contribution < -0.4 is 0 Å². The van der Waals surface area contributed by atoms with Gasteiger partial charge in [-0.25, -0.2) is 19.3 Å². The van der Waals surface area contributed by atoms with Crippen LogP contribution in [0.5, 0.6) is 0 Å². The van der Waals surface area contributed by atoms with Crippen molar-refractivity contribution in [3.8, 4) is 0 Å². The topological polar surface area (TPSA) is 57.0 Å².